The van der Waals surface area contributed by atoms with E-state index in [1.54, 1.807) is 6.92 Å². The van der Waals surface area contributed by atoms with Crippen molar-refractivity contribution >= 4 is 0 Å². The highest BCUT2D eigenvalue weighted by atomic mass is 16.6. The first-order valence-electron chi connectivity index (χ1n) is 3.18. The molecule has 3 heteroatoms. The smallest absolute Gasteiger partial charge is 0.154 e. The lowest BCUT2D eigenvalue weighted by atomic mass is 10.1. The Morgan fingerprint density at radius 1 is 1.67 bits per heavy atom. The molecule has 1 aliphatic rings. The summed E-state index contributed by atoms with van der Waals surface area (Å²) in [4.78, 5) is 0. The van der Waals surface area contributed by atoms with Crippen LogP contribution >= 0.6 is 0 Å². The van der Waals surface area contributed by atoms with E-state index in [0.29, 0.717) is 6.10 Å². The monoisotopic (exact) mass is 132 g/mol. The first kappa shape index (κ1) is 6.99. The second kappa shape index (κ2) is 2.64. The summed E-state index contributed by atoms with van der Waals surface area (Å²) in [5.41, 5.74) is 0. The third-order valence-electron chi connectivity index (χ3n) is 1.55. The lowest BCUT2D eigenvalue weighted by Crippen LogP contribution is -2.17. The molecule has 0 aromatic heterocycles. The quantitative estimate of drug-likeness (QED) is 0.410. The summed E-state index contributed by atoms with van der Waals surface area (Å²) in [6, 6.07) is 0. The lowest BCUT2D eigenvalue weighted by Gasteiger charge is -2.10. The number of aliphatic hydroxyl groups excluding tert-OH is 1. The molecule has 1 heterocycles. The summed E-state index contributed by atoms with van der Waals surface area (Å²) in [7, 11) is 0. The maximum absolute atomic E-state index is 8.60. The van der Waals surface area contributed by atoms with Gasteiger partial charge in [0.15, 0.2) is 6.29 Å². The van der Waals surface area contributed by atoms with Gasteiger partial charge >= 0.3 is 0 Å². The summed E-state index contributed by atoms with van der Waals surface area (Å²) in [6.45, 7) is 2.59. The molecule has 0 aromatic carbocycles. The largest absolute Gasteiger partial charge is 0.373 e. The third kappa shape index (κ3) is 2.30. The number of epoxide rings is 1. The Bertz CT molecular complexity index is 88.3. The molecule has 54 valence electrons. The zero-order chi connectivity index (χ0) is 6.85. The molecule has 1 aliphatic heterocycles. The fourth-order valence-corrected chi connectivity index (χ4v) is 0.741. The van der Waals surface area contributed by atoms with Gasteiger partial charge in [0.25, 0.3) is 0 Å². The maximum atomic E-state index is 8.60. The van der Waals surface area contributed by atoms with Gasteiger partial charge in [-0.1, -0.05) is 6.92 Å². The second-order valence-electron chi connectivity index (χ2n) is 2.58. The molecule has 0 aliphatic carbocycles. The van der Waals surface area contributed by atoms with Gasteiger partial charge in [-0.25, -0.2) is 0 Å². The van der Waals surface area contributed by atoms with Gasteiger partial charge in [0.05, 0.1) is 12.7 Å². The second-order valence-corrected chi connectivity index (χ2v) is 2.58. The lowest BCUT2D eigenvalue weighted by molar-refractivity contribution is -0.0817. The van der Waals surface area contributed by atoms with Crippen molar-refractivity contribution in [1.29, 1.82) is 0 Å². The molecule has 2 N–H and O–H groups in total. The van der Waals surface area contributed by atoms with Crippen molar-refractivity contribution in [3.8, 4) is 0 Å². The van der Waals surface area contributed by atoms with E-state index in [1.165, 1.54) is 0 Å². The Hall–Kier alpha value is -0.120. The maximum Gasteiger partial charge on any atom is 0.154 e. The fraction of sp³-hybridized carbons (Fsp3) is 1.00. The van der Waals surface area contributed by atoms with Gasteiger partial charge < -0.3 is 14.9 Å². The molecular weight excluding hydrogens is 120 g/mol. The molecule has 1 fully saturated rings. The summed E-state index contributed by atoms with van der Waals surface area (Å²) in [5, 5.41) is 17.2. The van der Waals surface area contributed by atoms with Gasteiger partial charge in [0.2, 0.25) is 0 Å². The minimum absolute atomic E-state index is 0.0579. The molecule has 9 heavy (non-hydrogen) atoms. The fourth-order valence-electron chi connectivity index (χ4n) is 0.741. The molecular formula is C6H12O3. The summed E-state index contributed by atoms with van der Waals surface area (Å²) in [6.07, 6.45) is -0.131. The van der Waals surface area contributed by atoms with Crippen LogP contribution in [0.15, 0.2) is 0 Å². The minimum atomic E-state index is -1.19. The summed E-state index contributed by atoms with van der Waals surface area (Å²) >= 11 is 0. The van der Waals surface area contributed by atoms with E-state index >= 15 is 0 Å². The molecule has 0 saturated carbocycles. The first-order chi connectivity index (χ1) is 4.20. The van der Waals surface area contributed by atoms with Crippen molar-refractivity contribution in [2.45, 2.75) is 25.7 Å². The molecule has 2 unspecified atom stereocenters. The predicted molar refractivity (Wildman–Crippen MR) is 31.7 cm³/mol. The Labute approximate surface area is 54.3 Å². The van der Waals surface area contributed by atoms with Gasteiger partial charge in [-0.2, -0.15) is 0 Å². The molecule has 0 amide bonds. The molecule has 2 atom stereocenters. The van der Waals surface area contributed by atoms with Crippen LogP contribution in [0, 0.1) is 5.92 Å². The van der Waals surface area contributed by atoms with Crippen LogP contribution < -0.4 is 0 Å². The van der Waals surface area contributed by atoms with Crippen molar-refractivity contribution in [2.75, 3.05) is 6.61 Å². The van der Waals surface area contributed by atoms with Crippen LogP contribution in [0.2, 0.25) is 0 Å². The van der Waals surface area contributed by atoms with Crippen molar-refractivity contribution in [2.24, 2.45) is 5.92 Å². The van der Waals surface area contributed by atoms with Crippen molar-refractivity contribution in [3.05, 3.63) is 0 Å². The van der Waals surface area contributed by atoms with E-state index in [1.807, 2.05) is 0 Å². The van der Waals surface area contributed by atoms with Gasteiger partial charge in [-0.15, -0.1) is 0 Å². The van der Waals surface area contributed by atoms with Gasteiger partial charge in [-0.05, 0) is 6.42 Å². The normalized spacial score (nSPS) is 28.7. The van der Waals surface area contributed by atoms with Crippen molar-refractivity contribution in [3.63, 3.8) is 0 Å². The van der Waals surface area contributed by atoms with Gasteiger partial charge in [-0.3, -0.25) is 0 Å². The standard InChI is InChI=1S/C6H12O3/c1-4(6(7)8)2-5-3-9-5/h4-8H,2-3H2,1H3. The van der Waals surface area contributed by atoms with E-state index in [2.05, 4.69) is 0 Å². The Balaban J connectivity index is 2.09. The van der Waals surface area contributed by atoms with Crippen LogP contribution in [0.3, 0.4) is 0 Å². The van der Waals surface area contributed by atoms with Crippen LogP contribution in [0.25, 0.3) is 0 Å². The van der Waals surface area contributed by atoms with E-state index in [0.717, 1.165) is 13.0 Å². The van der Waals surface area contributed by atoms with E-state index in [-0.39, 0.29) is 5.92 Å². The van der Waals surface area contributed by atoms with Crippen molar-refractivity contribution < 1.29 is 14.9 Å². The highest BCUT2D eigenvalue weighted by Crippen LogP contribution is 2.20. The number of hydrogen-bond donors (Lipinski definition) is 2. The molecule has 3 nitrogen and oxygen atoms in total. The van der Waals surface area contributed by atoms with E-state index in [9.17, 15) is 0 Å². The molecule has 0 aromatic rings. The zero-order valence-electron chi connectivity index (χ0n) is 5.45. The van der Waals surface area contributed by atoms with Gasteiger partial charge in [0.1, 0.15) is 0 Å². The van der Waals surface area contributed by atoms with Gasteiger partial charge in [0, 0.05) is 5.92 Å². The highest BCUT2D eigenvalue weighted by molar-refractivity contribution is 4.72. The summed E-state index contributed by atoms with van der Waals surface area (Å²) < 4.78 is 4.91. The average molecular weight is 132 g/mol. The topological polar surface area (TPSA) is 53.0 Å². The molecule has 0 radical (unpaired) electrons. The molecule has 0 spiro atoms. The van der Waals surface area contributed by atoms with E-state index < -0.39 is 6.29 Å². The third-order valence-corrected chi connectivity index (χ3v) is 1.55. The minimum Gasteiger partial charge on any atom is -0.373 e. The predicted octanol–water partition coefficient (Wildman–Crippen LogP) is -0.278. The number of rotatable bonds is 3. The highest BCUT2D eigenvalue weighted by Gasteiger charge is 2.26. The SMILES string of the molecule is CC(CC1CO1)C(O)O. The molecule has 1 rings (SSSR count). The summed E-state index contributed by atoms with van der Waals surface area (Å²) in [5.74, 6) is -0.0579. The van der Waals surface area contributed by atoms with Crippen LogP contribution in [0.4, 0.5) is 0 Å². The number of aliphatic hydroxyl groups is 2. The van der Waals surface area contributed by atoms with E-state index in [4.69, 9.17) is 14.9 Å². The van der Waals surface area contributed by atoms with Crippen LogP contribution in [-0.2, 0) is 4.74 Å². The number of hydrogen-bond acceptors (Lipinski definition) is 3. The Morgan fingerprint density at radius 3 is 2.56 bits per heavy atom. The number of ether oxygens (including phenoxy) is 1. The molecule has 0 bridgehead atoms. The first-order valence-corrected chi connectivity index (χ1v) is 3.18. The van der Waals surface area contributed by atoms with Crippen molar-refractivity contribution in [1.82, 2.24) is 0 Å². The molecule has 1 saturated heterocycles. The zero-order valence-corrected chi connectivity index (χ0v) is 5.45. The van der Waals surface area contributed by atoms with Crippen LogP contribution in [0.1, 0.15) is 13.3 Å². The van der Waals surface area contributed by atoms with Crippen LogP contribution in [0.5, 0.6) is 0 Å². The average Bonchev–Trinajstić information content (AvgIpc) is 2.50. The van der Waals surface area contributed by atoms with Crippen LogP contribution in [-0.4, -0.2) is 29.2 Å². The Morgan fingerprint density at radius 2 is 2.22 bits per heavy atom. The Kier molecular flexibility index (Phi) is 2.05.